The molecule has 2 unspecified atom stereocenters. The third-order valence-corrected chi connectivity index (χ3v) is 9.21. The smallest absolute Gasteiger partial charge is 0.0811 e. The molecule has 3 saturated carbocycles. The van der Waals surface area contributed by atoms with Crippen LogP contribution in [0.3, 0.4) is 0 Å². The highest BCUT2D eigenvalue weighted by Crippen LogP contribution is 2.59. The van der Waals surface area contributed by atoms with Crippen LogP contribution in [0.4, 0.5) is 0 Å². The maximum absolute atomic E-state index is 10.2. The lowest BCUT2D eigenvalue weighted by molar-refractivity contribution is -0.0216. The van der Waals surface area contributed by atoms with Gasteiger partial charge in [-0.1, -0.05) is 38.2 Å². The third-order valence-electron chi connectivity index (χ3n) is 9.21. The Hall–Kier alpha value is -0.940. The average Bonchev–Trinajstić information content (AvgIpc) is 3.11. The van der Waals surface area contributed by atoms with Crippen LogP contribution in [0.25, 0.3) is 0 Å². The second-order valence-electron chi connectivity index (χ2n) is 11.4. The molecule has 0 amide bonds. The number of nitrogens with zero attached hydrogens (tertiary/aromatic N) is 1. The van der Waals surface area contributed by atoms with Gasteiger partial charge in [-0.2, -0.15) is 0 Å². The number of aliphatic hydroxyl groups is 2. The highest BCUT2D eigenvalue weighted by atomic mass is 16.5. The van der Waals surface area contributed by atoms with Gasteiger partial charge in [0.15, 0.2) is 0 Å². The van der Waals surface area contributed by atoms with E-state index in [0.717, 1.165) is 42.7 Å². The quantitative estimate of drug-likeness (QED) is 0.636. The topological polar surface area (TPSA) is 52.9 Å². The zero-order valence-electron chi connectivity index (χ0n) is 20.6. The molecule has 180 valence electrons. The van der Waals surface area contributed by atoms with Crippen LogP contribution in [0.15, 0.2) is 35.5 Å². The predicted octanol–water partition coefficient (Wildman–Crippen LogP) is 4.87. The summed E-state index contributed by atoms with van der Waals surface area (Å²) in [5, 5.41) is 20.2. The van der Waals surface area contributed by atoms with E-state index in [1.54, 1.807) is 5.57 Å². The van der Waals surface area contributed by atoms with E-state index in [0.29, 0.717) is 30.3 Å². The van der Waals surface area contributed by atoms with Crippen LogP contribution in [0.5, 0.6) is 0 Å². The summed E-state index contributed by atoms with van der Waals surface area (Å²) in [6.45, 7) is 15.6. The first-order valence-corrected chi connectivity index (χ1v) is 13.1. The van der Waals surface area contributed by atoms with Crippen LogP contribution < -0.4 is 0 Å². The molecule has 4 heteroatoms. The first-order chi connectivity index (χ1) is 15.3. The van der Waals surface area contributed by atoms with Crippen molar-refractivity contribution in [3.63, 3.8) is 0 Å². The van der Waals surface area contributed by atoms with Crippen molar-refractivity contribution in [2.45, 2.75) is 90.4 Å². The number of morpholine rings is 1. The number of hydrogen-bond acceptors (Lipinski definition) is 4. The lowest BCUT2D eigenvalue weighted by atomic mass is 9.61. The lowest BCUT2D eigenvalue weighted by Gasteiger charge is -2.44. The van der Waals surface area contributed by atoms with E-state index in [4.69, 9.17) is 4.74 Å². The third kappa shape index (κ3) is 5.09. The average molecular weight is 444 g/mol. The summed E-state index contributed by atoms with van der Waals surface area (Å²) in [5.41, 5.74) is 3.81. The Morgan fingerprint density at radius 1 is 1.28 bits per heavy atom. The van der Waals surface area contributed by atoms with Gasteiger partial charge in [0.05, 0.1) is 24.9 Å². The number of allylic oxidation sites excluding steroid dienone is 3. The maximum Gasteiger partial charge on any atom is 0.0811 e. The van der Waals surface area contributed by atoms with E-state index in [1.807, 2.05) is 0 Å². The minimum absolute atomic E-state index is 0.370. The van der Waals surface area contributed by atoms with Gasteiger partial charge in [0, 0.05) is 19.5 Å². The second kappa shape index (κ2) is 10.1. The molecule has 4 nitrogen and oxygen atoms in total. The number of fused-ring (bicyclic) bond motifs is 1. The molecular weight excluding hydrogens is 398 g/mol. The molecule has 0 aromatic heterocycles. The Morgan fingerprint density at radius 2 is 2.09 bits per heavy atom. The minimum Gasteiger partial charge on any atom is -0.393 e. The van der Waals surface area contributed by atoms with Crippen LogP contribution in [0.2, 0.25) is 0 Å². The van der Waals surface area contributed by atoms with Crippen molar-refractivity contribution in [2.24, 2.45) is 23.2 Å². The van der Waals surface area contributed by atoms with Gasteiger partial charge in [0.1, 0.15) is 0 Å². The van der Waals surface area contributed by atoms with Gasteiger partial charge in [-0.05, 0) is 92.7 Å². The van der Waals surface area contributed by atoms with Gasteiger partial charge in [0.2, 0.25) is 0 Å². The Bertz CT molecular complexity index is 743. The predicted molar refractivity (Wildman–Crippen MR) is 130 cm³/mol. The van der Waals surface area contributed by atoms with Crippen molar-refractivity contribution in [3.05, 3.63) is 35.5 Å². The summed E-state index contributed by atoms with van der Waals surface area (Å²) in [7, 11) is 0. The summed E-state index contributed by atoms with van der Waals surface area (Å²) >= 11 is 0. The fraction of sp³-hybridized carbons (Fsp3) is 0.786. The van der Waals surface area contributed by atoms with Gasteiger partial charge >= 0.3 is 0 Å². The number of aliphatic hydroxyl groups excluding tert-OH is 2. The van der Waals surface area contributed by atoms with Crippen molar-refractivity contribution >= 4 is 0 Å². The van der Waals surface area contributed by atoms with Crippen LogP contribution in [-0.4, -0.2) is 59.7 Å². The summed E-state index contributed by atoms with van der Waals surface area (Å²) in [6.07, 6.45) is 12.6. The zero-order valence-corrected chi connectivity index (χ0v) is 20.6. The molecule has 0 aromatic rings. The molecule has 1 heterocycles. The lowest BCUT2D eigenvalue weighted by Crippen LogP contribution is -2.42. The number of ether oxygens (including phenoxy) is 1. The Kier molecular flexibility index (Phi) is 7.66. The number of rotatable bonds is 5. The van der Waals surface area contributed by atoms with Gasteiger partial charge in [-0.3, -0.25) is 4.90 Å². The second-order valence-corrected chi connectivity index (χ2v) is 11.4. The van der Waals surface area contributed by atoms with Crippen molar-refractivity contribution < 1.29 is 14.9 Å². The fourth-order valence-electron chi connectivity index (χ4n) is 7.36. The van der Waals surface area contributed by atoms with Gasteiger partial charge < -0.3 is 14.9 Å². The van der Waals surface area contributed by atoms with Gasteiger partial charge in [-0.25, -0.2) is 0 Å². The Labute approximate surface area is 195 Å². The van der Waals surface area contributed by atoms with Crippen molar-refractivity contribution in [3.8, 4) is 0 Å². The molecule has 0 bridgehead atoms. The molecule has 3 aliphatic carbocycles. The largest absolute Gasteiger partial charge is 0.393 e. The first kappa shape index (κ1) is 24.2. The molecule has 32 heavy (non-hydrogen) atoms. The summed E-state index contributed by atoms with van der Waals surface area (Å²) < 4.78 is 5.71. The fourth-order valence-corrected chi connectivity index (χ4v) is 7.36. The molecule has 7 atom stereocenters. The van der Waals surface area contributed by atoms with Crippen LogP contribution in [0, 0.1) is 23.2 Å². The Morgan fingerprint density at radius 3 is 2.88 bits per heavy atom. The molecule has 1 saturated heterocycles. The summed E-state index contributed by atoms with van der Waals surface area (Å²) in [4.78, 5) is 2.59. The minimum atomic E-state index is -0.605. The maximum atomic E-state index is 10.2. The number of hydrogen-bond donors (Lipinski definition) is 2. The van der Waals surface area contributed by atoms with Crippen molar-refractivity contribution in [1.29, 1.82) is 0 Å². The van der Waals surface area contributed by atoms with E-state index in [1.165, 1.54) is 45.1 Å². The van der Waals surface area contributed by atoms with Gasteiger partial charge in [-0.15, -0.1) is 0 Å². The van der Waals surface area contributed by atoms with Crippen LogP contribution in [-0.2, 0) is 4.74 Å². The zero-order chi connectivity index (χ0) is 22.9. The molecule has 0 spiro atoms. The van der Waals surface area contributed by atoms with Crippen molar-refractivity contribution in [1.82, 2.24) is 4.90 Å². The highest BCUT2D eigenvalue weighted by Gasteiger charge is 2.50. The molecular formula is C28H45NO3. The van der Waals surface area contributed by atoms with Crippen molar-refractivity contribution in [2.75, 3.05) is 26.2 Å². The van der Waals surface area contributed by atoms with Crippen LogP contribution >= 0.6 is 0 Å². The molecule has 4 fully saturated rings. The van der Waals surface area contributed by atoms with E-state index < -0.39 is 12.2 Å². The Balaban J connectivity index is 1.41. The molecule has 4 aliphatic rings. The molecule has 4 rings (SSSR count). The molecule has 0 radical (unpaired) electrons. The standard InChI is InChI=1S/C28H45NO3/c1-19(11-13-29-14-15-32-20(2)18-29)25-9-10-26-22(6-5-12-28(25,26)4)7-8-23-16-24(30)17-27(31)21(23)3/h7-8,19-20,24-27,30-31H,3,5-6,9-18H2,1-2,4H3/b22-7+,23-8+/t19-,20-,24?,25-,26+,27?,28-/m1/s1. The van der Waals surface area contributed by atoms with Crippen LogP contribution in [0.1, 0.15) is 72.1 Å². The van der Waals surface area contributed by atoms with E-state index in [2.05, 4.69) is 44.4 Å². The summed E-state index contributed by atoms with van der Waals surface area (Å²) in [6, 6.07) is 0. The molecule has 0 aromatic carbocycles. The van der Waals surface area contributed by atoms with E-state index in [9.17, 15) is 10.2 Å². The van der Waals surface area contributed by atoms with E-state index >= 15 is 0 Å². The molecule has 1 aliphatic heterocycles. The summed E-state index contributed by atoms with van der Waals surface area (Å²) in [5.74, 6) is 2.23. The van der Waals surface area contributed by atoms with Gasteiger partial charge in [0.25, 0.3) is 0 Å². The van der Waals surface area contributed by atoms with E-state index in [-0.39, 0.29) is 0 Å². The highest BCUT2D eigenvalue weighted by molar-refractivity contribution is 5.38. The monoisotopic (exact) mass is 443 g/mol. The first-order valence-electron chi connectivity index (χ1n) is 13.1. The normalized spacial score (nSPS) is 42.4. The SMILES string of the molecule is C=C1/C(=C/C=C2\CCC[C@]3(C)[C@@H]([C@H](C)CCN4CCO[C@H](C)C4)CC[C@@H]23)CC(O)CC1O. The molecule has 2 N–H and O–H groups in total.